The molecule has 7 heteroatoms. The van der Waals surface area contributed by atoms with E-state index in [0.717, 1.165) is 10.4 Å². The van der Waals surface area contributed by atoms with Crippen molar-refractivity contribution in [2.75, 3.05) is 6.54 Å². The molecule has 0 radical (unpaired) electrons. The summed E-state index contributed by atoms with van der Waals surface area (Å²) < 4.78 is 1.68. The van der Waals surface area contributed by atoms with Crippen LogP contribution in [0.1, 0.15) is 44.1 Å². The Morgan fingerprint density at radius 3 is 2.43 bits per heavy atom. The Hall–Kier alpha value is -3.45. The Morgan fingerprint density at radius 2 is 1.80 bits per heavy atom. The van der Waals surface area contributed by atoms with Gasteiger partial charge in [0.25, 0.3) is 11.8 Å². The number of amides is 2. The quantitative estimate of drug-likeness (QED) is 0.547. The van der Waals surface area contributed by atoms with Gasteiger partial charge < -0.3 is 15.2 Å². The normalized spacial score (nSPS) is 11.5. The van der Waals surface area contributed by atoms with E-state index in [-0.39, 0.29) is 23.7 Å². The number of carbonyl (C=O) groups is 2. The van der Waals surface area contributed by atoms with E-state index in [0.29, 0.717) is 6.54 Å². The molecular weight excluding hydrogens is 398 g/mol. The van der Waals surface area contributed by atoms with E-state index in [4.69, 9.17) is 0 Å². The van der Waals surface area contributed by atoms with Crippen LogP contribution in [0.4, 0.5) is 0 Å². The molecule has 30 heavy (non-hydrogen) atoms. The molecule has 2 heterocycles. The summed E-state index contributed by atoms with van der Waals surface area (Å²) in [7, 11) is 0. The second-order valence-electron chi connectivity index (χ2n) is 6.78. The van der Waals surface area contributed by atoms with E-state index in [2.05, 4.69) is 17.2 Å². The van der Waals surface area contributed by atoms with E-state index < -0.39 is 17.2 Å². The molecule has 0 fully saturated rings. The molecule has 2 aromatic heterocycles. The Bertz CT molecular complexity index is 1090. The number of aromatic nitrogens is 1. The topological polar surface area (TPSA) is 80.2 Å². The van der Waals surface area contributed by atoms with Crippen molar-refractivity contribution < 1.29 is 9.59 Å². The van der Waals surface area contributed by atoms with Crippen LogP contribution in [-0.2, 0) is 6.54 Å². The average molecular weight is 422 g/mol. The molecule has 6 nitrogen and oxygen atoms in total. The summed E-state index contributed by atoms with van der Waals surface area (Å²) in [5, 5.41) is 7.39. The highest BCUT2D eigenvalue weighted by atomic mass is 32.1. The predicted octanol–water partition coefficient (Wildman–Crippen LogP) is 3.36. The van der Waals surface area contributed by atoms with E-state index in [1.165, 1.54) is 29.8 Å². The molecule has 0 aliphatic rings. The first-order chi connectivity index (χ1) is 14.5. The smallest absolute Gasteiger partial charge is 0.257 e. The highest BCUT2D eigenvalue weighted by Crippen LogP contribution is 2.18. The first kappa shape index (κ1) is 21.3. The van der Waals surface area contributed by atoms with Crippen LogP contribution < -0.4 is 16.1 Å². The molecule has 3 rings (SSSR count). The number of benzene rings is 1. The average Bonchev–Trinajstić information content (AvgIpc) is 3.29. The lowest BCUT2D eigenvalue weighted by molar-refractivity contribution is 0.0938. The van der Waals surface area contributed by atoms with Gasteiger partial charge in [-0.3, -0.25) is 14.4 Å². The van der Waals surface area contributed by atoms with Gasteiger partial charge in [-0.15, -0.1) is 17.9 Å². The molecule has 0 unspecified atom stereocenters. The van der Waals surface area contributed by atoms with Gasteiger partial charge in [0.15, 0.2) is 0 Å². The fourth-order valence-electron chi connectivity index (χ4n) is 2.98. The van der Waals surface area contributed by atoms with Crippen molar-refractivity contribution in [1.29, 1.82) is 0 Å². The Labute approximate surface area is 178 Å². The number of thiophene rings is 1. The zero-order valence-electron chi connectivity index (χ0n) is 16.6. The van der Waals surface area contributed by atoms with Crippen molar-refractivity contribution in [2.24, 2.45) is 0 Å². The van der Waals surface area contributed by atoms with Crippen LogP contribution in [0.3, 0.4) is 0 Å². The molecular formula is C23H23N3O3S. The summed E-state index contributed by atoms with van der Waals surface area (Å²) in [6, 6.07) is 13.2. The van der Waals surface area contributed by atoms with Gasteiger partial charge in [0, 0.05) is 30.4 Å². The zero-order chi connectivity index (χ0) is 21.5. The van der Waals surface area contributed by atoms with Gasteiger partial charge in [-0.25, -0.2) is 0 Å². The minimum atomic E-state index is -0.600. The molecule has 0 spiro atoms. The van der Waals surface area contributed by atoms with E-state index >= 15 is 0 Å². The van der Waals surface area contributed by atoms with Gasteiger partial charge in [-0.05, 0) is 23.9 Å². The second-order valence-corrected chi connectivity index (χ2v) is 7.76. The predicted molar refractivity (Wildman–Crippen MR) is 119 cm³/mol. The Morgan fingerprint density at radius 1 is 1.10 bits per heavy atom. The molecule has 2 N–H and O–H groups in total. The van der Waals surface area contributed by atoms with Crippen LogP contribution in [0.25, 0.3) is 0 Å². The molecule has 0 aliphatic heterocycles. The third-order valence-corrected chi connectivity index (χ3v) is 5.56. The molecule has 1 aromatic carbocycles. The third kappa shape index (κ3) is 5.12. The zero-order valence-corrected chi connectivity index (χ0v) is 17.4. The molecule has 154 valence electrons. The molecule has 0 saturated carbocycles. The van der Waals surface area contributed by atoms with Crippen molar-refractivity contribution >= 4 is 23.2 Å². The Balaban J connectivity index is 1.96. The van der Waals surface area contributed by atoms with Crippen LogP contribution in [0, 0.1) is 0 Å². The molecule has 0 aliphatic carbocycles. The lowest BCUT2D eigenvalue weighted by atomic mass is 10.1. The van der Waals surface area contributed by atoms with Crippen LogP contribution in [-0.4, -0.2) is 22.9 Å². The van der Waals surface area contributed by atoms with Crippen molar-refractivity contribution in [3.63, 3.8) is 0 Å². The molecule has 1 atom stereocenters. The minimum absolute atomic E-state index is 0.0689. The number of nitrogens with zero attached hydrogens (tertiary/aromatic N) is 1. The summed E-state index contributed by atoms with van der Waals surface area (Å²) in [5.41, 5.74) is 0.235. The SMILES string of the molecule is C=CCNC(=O)c1cn(Cc2ccccc2)cc(C(=O)N[C@H](C)c2cccs2)c1=O. The number of nitrogens with one attached hydrogen (secondary N) is 2. The van der Waals surface area contributed by atoms with Crippen LogP contribution in [0.5, 0.6) is 0 Å². The number of hydrogen-bond acceptors (Lipinski definition) is 4. The highest BCUT2D eigenvalue weighted by Gasteiger charge is 2.21. The highest BCUT2D eigenvalue weighted by molar-refractivity contribution is 7.10. The maximum absolute atomic E-state index is 12.9. The lowest BCUT2D eigenvalue weighted by Crippen LogP contribution is -2.36. The molecule has 0 bridgehead atoms. The monoisotopic (exact) mass is 421 g/mol. The summed E-state index contributed by atoms with van der Waals surface area (Å²) in [6.45, 7) is 6.06. The number of hydrogen-bond donors (Lipinski definition) is 2. The fraction of sp³-hybridized carbons (Fsp3) is 0.174. The number of carbonyl (C=O) groups excluding carboxylic acids is 2. The summed E-state index contributed by atoms with van der Waals surface area (Å²) in [4.78, 5) is 39.3. The molecule has 0 saturated heterocycles. The van der Waals surface area contributed by atoms with E-state index in [9.17, 15) is 14.4 Å². The Kier molecular flexibility index (Phi) is 6.98. The van der Waals surface area contributed by atoms with Crippen LogP contribution >= 0.6 is 11.3 Å². The van der Waals surface area contributed by atoms with Crippen molar-refractivity contribution in [2.45, 2.75) is 19.5 Å². The summed E-state index contributed by atoms with van der Waals surface area (Å²) >= 11 is 1.52. The summed E-state index contributed by atoms with van der Waals surface area (Å²) in [5.74, 6) is -1.05. The van der Waals surface area contributed by atoms with Gasteiger partial charge in [0.1, 0.15) is 11.1 Å². The first-order valence-electron chi connectivity index (χ1n) is 9.51. The van der Waals surface area contributed by atoms with Gasteiger partial charge in [0.2, 0.25) is 5.43 Å². The molecule has 2 amide bonds. The fourth-order valence-corrected chi connectivity index (χ4v) is 3.72. The number of rotatable bonds is 8. The van der Waals surface area contributed by atoms with Crippen LogP contribution in [0.2, 0.25) is 0 Å². The first-order valence-corrected chi connectivity index (χ1v) is 10.4. The summed E-state index contributed by atoms with van der Waals surface area (Å²) in [6.07, 6.45) is 4.50. The lowest BCUT2D eigenvalue weighted by Gasteiger charge is -2.15. The van der Waals surface area contributed by atoms with Crippen molar-refractivity contribution in [3.8, 4) is 0 Å². The standard InChI is InChI=1S/C23H23N3O3S/c1-3-11-24-22(28)18-14-26(13-17-8-5-4-6-9-17)15-19(21(18)27)23(29)25-16(2)20-10-7-12-30-20/h3-10,12,14-16H,1,11,13H2,2H3,(H,24,28)(H,25,29)/t16-/m1/s1. The van der Waals surface area contributed by atoms with Gasteiger partial charge in [0.05, 0.1) is 6.04 Å². The maximum atomic E-state index is 12.9. The maximum Gasteiger partial charge on any atom is 0.257 e. The number of pyridine rings is 1. The second kappa shape index (κ2) is 9.84. The largest absolute Gasteiger partial charge is 0.348 e. The van der Waals surface area contributed by atoms with Gasteiger partial charge >= 0.3 is 0 Å². The van der Waals surface area contributed by atoms with Crippen molar-refractivity contribution in [3.05, 3.63) is 105 Å². The van der Waals surface area contributed by atoms with E-state index in [1.807, 2.05) is 54.8 Å². The minimum Gasteiger partial charge on any atom is -0.348 e. The third-order valence-electron chi connectivity index (χ3n) is 4.50. The van der Waals surface area contributed by atoms with E-state index in [1.54, 1.807) is 4.57 Å². The van der Waals surface area contributed by atoms with Crippen LogP contribution in [0.15, 0.2) is 77.7 Å². The molecule has 3 aromatic rings. The van der Waals surface area contributed by atoms with Gasteiger partial charge in [-0.2, -0.15) is 0 Å². The van der Waals surface area contributed by atoms with Gasteiger partial charge in [-0.1, -0.05) is 42.5 Å². The van der Waals surface area contributed by atoms with Crippen molar-refractivity contribution in [1.82, 2.24) is 15.2 Å².